The number of nitrogens with zero attached hydrogens (tertiary/aromatic N) is 6. The Hall–Kier alpha value is -4.84. The minimum atomic E-state index is -0.00754. The van der Waals surface area contributed by atoms with E-state index in [-0.39, 0.29) is 5.41 Å². The molecule has 3 aliphatic heterocycles. The number of anilines is 5. The highest BCUT2D eigenvalue weighted by atomic mass is 15.3. The van der Waals surface area contributed by atoms with Gasteiger partial charge in [-0.2, -0.15) is 0 Å². The summed E-state index contributed by atoms with van der Waals surface area (Å²) in [6.45, 7) is 8.59. The Morgan fingerprint density at radius 1 is 0.571 bits per heavy atom. The summed E-state index contributed by atoms with van der Waals surface area (Å²) in [6.07, 6.45) is 8.63. The minimum absolute atomic E-state index is 0.00754. The van der Waals surface area contributed by atoms with Crippen molar-refractivity contribution < 1.29 is 0 Å². The average molecular weight is 553 g/mol. The SMILES string of the molecule is CN1C=CN(c2cc(N3c4cc(N5C=CN(C)C5)ccc4-n4c5ccccc5c5cccc3c54)cc(C(C)(C)C)c2)C1. The molecule has 0 aliphatic carbocycles. The van der Waals surface area contributed by atoms with Crippen molar-refractivity contribution in [3.63, 3.8) is 0 Å². The van der Waals surface area contributed by atoms with Crippen molar-refractivity contribution in [1.82, 2.24) is 14.4 Å². The Morgan fingerprint density at radius 2 is 1.26 bits per heavy atom. The molecule has 1 aromatic heterocycles. The zero-order valence-electron chi connectivity index (χ0n) is 24.9. The minimum Gasteiger partial charge on any atom is -0.361 e. The smallest absolute Gasteiger partial charge is 0.0938 e. The predicted octanol–water partition coefficient (Wildman–Crippen LogP) is 8.23. The van der Waals surface area contributed by atoms with E-state index in [9.17, 15) is 0 Å². The number of hydrogen-bond donors (Lipinski definition) is 0. The highest BCUT2D eigenvalue weighted by Crippen LogP contribution is 2.51. The molecule has 0 amide bonds. The van der Waals surface area contributed by atoms with Gasteiger partial charge in [0.15, 0.2) is 0 Å². The van der Waals surface area contributed by atoms with Crippen molar-refractivity contribution in [1.29, 1.82) is 0 Å². The van der Waals surface area contributed by atoms with Gasteiger partial charge in [-0.25, -0.2) is 0 Å². The van der Waals surface area contributed by atoms with Crippen LogP contribution in [0.4, 0.5) is 28.4 Å². The van der Waals surface area contributed by atoms with Gasteiger partial charge in [-0.1, -0.05) is 51.1 Å². The van der Waals surface area contributed by atoms with Crippen LogP contribution in [0.25, 0.3) is 27.5 Å². The molecule has 0 radical (unpaired) electrons. The van der Waals surface area contributed by atoms with Crippen LogP contribution in [0.15, 0.2) is 104 Å². The molecule has 0 atom stereocenters. The summed E-state index contributed by atoms with van der Waals surface area (Å²) >= 11 is 0. The van der Waals surface area contributed by atoms with E-state index in [2.05, 4.69) is 168 Å². The van der Waals surface area contributed by atoms with Gasteiger partial charge in [0, 0.05) is 66.7 Å². The lowest BCUT2D eigenvalue weighted by atomic mass is 9.86. The third-order valence-corrected chi connectivity index (χ3v) is 8.80. The number of hydrogen-bond acceptors (Lipinski definition) is 5. The maximum atomic E-state index is 2.49. The number of fused-ring (bicyclic) bond motifs is 5. The van der Waals surface area contributed by atoms with Crippen LogP contribution in [0.1, 0.15) is 26.3 Å². The van der Waals surface area contributed by atoms with Gasteiger partial charge in [0.1, 0.15) is 0 Å². The van der Waals surface area contributed by atoms with E-state index >= 15 is 0 Å². The monoisotopic (exact) mass is 552 g/mol. The van der Waals surface area contributed by atoms with Crippen molar-refractivity contribution in [2.24, 2.45) is 0 Å². The van der Waals surface area contributed by atoms with Crippen molar-refractivity contribution >= 4 is 50.2 Å². The molecule has 6 heteroatoms. The summed E-state index contributed by atoms with van der Waals surface area (Å²) in [5.41, 5.74) is 11.0. The van der Waals surface area contributed by atoms with Crippen LogP contribution in [-0.2, 0) is 5.41 Å². The lowest BCUT2D eigenvalue weighted by molar-refractivity contribution is 0.495. The highest BCUT2D eigenvalue weighted by molar-refractivity contribution is 6.16. The number of aromatic nitrogens is 1. The van der Waals surface area contributed by atoms with E-state index in [1.54, 1.807) is 0 Å². The Kier molecular flexibility index (Phi) is 5.24. The zero-order chi connectivity index (χ0) is 28.7. The molecule has 4 heterocycles. The first kappa shape index (κ1) is 24.9. The first-order valence-corrected chi connectivity index (χ1v) is 14.7. The van der Waals surface area contributed by atoms with Gasteiger partial charge in [-0.3, -0.25) is 0 Å². The van der Waals surface area contributed by atoms with E-state index in [1.165, 1.54) is 61.5 Å². The molecule has 42 heavy (non-hydrogen) atoms. The molecule has 8 rings (SSSR count). The first-order chi connectivity index (χ1) is 20.3. The normalized spacial score (nSPS) is 16.1. The summed E-state index contributed by atoms with van der Waals surface area (Å²) < 4.78 is 2.47. The van der Waals surface area contributed by atoms with Gasteiger partial charge in [0.05, 0.1) is 41.4 Å². The molecule has 0 unspecified atom stereocenters. The Bertz CT molecular complexity index is 1940. The third-order valence-electron chi connectivity index (χ3n) is 8.80. The zero-order valence-corrected chi connectivity index (χ0v) is 24.9. The molecule has 6 nitrogen and oxygen atoms in total. The standard InChI is InChI=1S/C36H36N6/c1-36(2,3)25-19-27(40-18-16-38(5)24-40)21-28(20-25)41-33-12-8-10-30-29-9-6-7-11-31(29)42(35(30)33)32-14-13-26(22-34(32)41)39-17-15-37(4)23-39/h6-22H,23-24H2,1-5H3. The lowest BCUT2D eigenvalue weighted by Crippen LogP contribution is -2.24. The third kappa shape index (κ3) is 3.71. The summed E-state index contributed by atoms with van der Waals surface area (Å²) in [4.78, 5) is 11.6. The lowest BCUT2D eigenvalue weighted by Gasteiger charge is -2.35. The summed E-state index contributed by atoms with van der Waals surface area (Å²) in [6, 6.07) is 29.6. The molecule has 0 saturated heterocycles. The van der Waals surface area contributed by atoms with E-state index in [4.69, 9.17) is 0 Å². The molecule has 0 fully saturated rings. The molecule has 0 spiro atoms. The van der Waals surface area contributed by atoms with Crippen LogP contribution < -0.4 is 14.7 Å². The van der Waals surface area contributed by atoms with Gasteiger partial charge in [0.25, 0.3) is 0 Å². The fraction of sp³-hybridized carbons (Fsp3) is 0.222. The van der Waals surface area contributed by atoms with E-state index in [1.807, 2.05) is 0 Å². The first-order valence-electron chi connectivity index (χ1n) is 14.7. The van der Waals surface area contributed by atoms with Gasteiger partial charge >= 0.3 is 0 Å². The summed E-state index contributed by atoms with van der Waals surface area (Å²) in [7, 11) is 4.24. The predicted molar refractivity (Wildman–Crippen MR) is 176 cm³/mol. The summed E-state index contributed by atoms with van der Waals surface area (Å²) in [5, 5.41) is 2.56. The second kappa shape index (κ2) is 8.83. The molecule has 0 N–H and O–H groups in total. The topological polar surface area (TPSA) is 21.1 Å². The molecule has 5 aromatic rings. The second-order valence-corrected chi connectivity index (χ2v) is 12.9. The molecule has 3 aliphatic rings. The maximum absolute atomic E-state index is 2.49. The number of para-hydroxylation sites is 2. The van der Waals surface area contributed by atoms with Crippen LogP contribution in [0, 0.1) is 0 Å². The van der Waals surface area contributed by atoms with Crippen LogP contribution in [-0.4, -0.2) is 41.8 Å². The number of benzene rings is 4. The van der Waals surface area contributed by atoms with E-state index in [0.29, 0.717) is 0 Å². The van der Waals surface area contributed by atoms with Crippen LogP contribution in [0.5, 0.6) is 0 Å². The largest absolute Gasteiger partial charge is 0.361 e. The van der Waals surface area contributed by atoms with Gasteiger partial charge in [-0.15, -0.1) is 0 Å². The van der Waals surface area contributed by atoms with Gasteiger partial charge in [0.2, 0.25) is 0 Å². The van der Waals surface area contributed by atoms with Crippen molar-refractivity contribution in [3.8, 4) is 5.69 Å². The van der Waals surface area contributed by atoms with Crippen LogP contribution in [0.3, 0.4) is 0 Å². The van der Waals surface area contributed by atoms with Crippen molar-refractivity contribution in [2.45, 2.75) is 26.2 Å². The average Bonchev–Trinajstić information content (AvgIpc) is 3.70. The number of rotatable bonds is 3. The van der Waals surface area contributed by atoms with Crippen molar-refractivity contribution in [3.05, 3.63) is 109 Å². The van der Waals surface area contributed by atoms with Crippen molar-refractivity contribution in [2.75, 3.05) is 42.1 Å². The fourth-order valence-electron chi connectivity index (χ4n) is 6.61. The van der Waals surface area contributed by atoms with Gasteiger partial charge in [-0.05, 0) is 59.5 Å². The quantitative estimate of drug-likeness (QED) is 0.220. The molecule has 4 aromatic carbocycles. The molecule has 0 bridgehead atoms. The fourth-order valence-corrected chi connectivity index (χ4v) is 6.61. The molecule has 0 saturated carbocycles. The molecule has 210 valence electrons. The van der Waals surface area contributed by atoms with E-state index in [0.717, 1.165) is 13.3 Å². The Labute approximate surface area is 247 Å². The second-order valence-electron chi connectivity index (χ2n) is 12.9. The molecular weight excluding hydrogens is 516 g/mol. The van der Waals surface area contributed by atoms with Gasteiger partial charge < -0.3 is 29.1 Å². The van der Waals surface area contributed by atoms with Crippen LogP contribution >= 0.6 is 0 Å². The summed E-state index contributed by atoms with van der Waals surface area (Å²) in [5.74, 6) is 0. The van der Waals surface area contributed by atoms with E-state index < -0.39 is 0 Å². The molecular formula is C36H36N6. The Balaban J connectivity index is 1.42. The Morgan fingerprint density at radius 3 is 1.98 bits per heavy atom. The van der Waals surface area contributed by atoms with Crippen LogP contribution in [0.2, 0.25) is 0 Å². The maximum Gasteiger partial charge on any atom is 0.0938 e. The highest BCUT2D eigenvalue weighted by Gasteiger charge is 2.31.